The number of nitrogens with one attached hydrogen (secondary N) is 1. The summed E-state index contributed by atoms with van der Waals surface area (Å²) in [6, 6.07) is 0. The van der Waals surface area contributed by atoms with E-state index < -0.39 is 0 Å². The van der Waals surface area contributed by atoms with Crippen LogP contribution in [-0.4, -0.2) is 15.3 Å². The molecule has 0 spiro atoms. The number of imidazole rings is 1. The third-order valence-corrected chi connectivity index (χ3v) is 3.43. The van der Waals surface area contributed by atoms with Gasteiger partial charge < -0.3 is 4.98 Å². The molecule has 3 heteroatoms. The lowest BCUT2D eigenvalue weighted by atomic mass is 10.1. The topological polar surface area (TPSA) is 28.7 Å². The third kappa shape index (κ3) is 1.88. The van der Waals surface area contributed by atoms with E-state index in [1.54, 1.807) is 6.20 Å². The van der Waals surface area contributed by atoms with Crippen molar-refractivity contribution in [2.75, 3.05) is 0 Å². The molecule has 2 nitrogen and oxygen atoms in total. The second kappa shape index (κ2) is 3.02. The zero-order valence-electron chi connectivity index (χ0n) is 8.05. The van der Waals surface area contributed by atoms with Gasteiger partial charge in [-0.25, -0.2) is 4.98 Å². The maximum Gasteiger partial charge on any atom is 0.107 e. The third-order valence-electron chi connectivity index (χ3n) is 2.97. The highest BCUT2D eigenvalue weighted by Crippen LogP contribution is 2.55. The highest BCUT2D eigenvalue weighted by molar-refractivity contribution is 6.21. The number of aromatic nitrogens is 2. The minimum atomic E-state index is 0.237. The molecule has 2 atom stereocenters. The van der Waals surface area contributed by atoms with Crippen LogP contribution >= 0.6 is 11.6 Å². The summed E-state index contributed by atoms with van der Waals surface area (Å²) in [5.74, 6) is 1.67. The normalized spacial score (nSPS) is 27.2. The van der Waals surface area contributed by atoms with Gasteiger partial charge in [0.2, 0.25) is 0 Å². The van der Waals surface area contributed by atoms with Crippen LogP contribution in [0.2, 0.25) is 0 Å². The summed E-state index contributed by atoms with van der Waals surface area (Å²) in [6.45, 7) is 4.55. The Morgan fingerprint density at radius 1 is 1.77 bits per heavy atom. The maximum absolute atomic E-state index is 6.29. The number of H-pyrrole nitrogens is 1. The zero-order chi connectivity index (χ0) is 9.47. The van der Waals surface area contributed by atoms with Crippen LogP contribution in [0.4, 0.5) is 0 Å². The summed E-state index contributed by atoms with van der Waals surface area (Å²) in [5, 5.41) is 0.237. The van der Waals surface area contributed by atoms with Crippen LogP contribution in [0.25, 0.3) is 0 Å². The van der Waals surface area contributed by atoms with Crippen molar-refractivity contribution in [2.24, 2.45) is 11.3 Å². The fourth-order valence-corrected chi connectivity index (χ4v) is 2.44. The van der Waals surface area contributed by atoms with Gasteiger partial charge in [0.1, 0.15) is 5.82 Å². The molecule has 1 aromatic rings. The molecular formula is C10H15ClN2. The summed E-state index contributed by atoms with van der Waals surface area (Å²) < 4.78 is 0. The van der Waals surface area contributed by atoms with Gasteiger partial charge >= 0.3 is 0 Å². The molecule has 0 bridgehead atoms. The van der Waals surface area contributed by atoms with E-state index in [-0.39, 0.29) is 5.38 Å². The maximum atomic E-state index is 6.29. The van der Waals surface area contributed by atoms with Crippen molar-refractivity contribution in [2.45, 2.75) is 32.1 Å². The summed E-state index contributed by atoms with van der Waals surface area (Å²) >= 11 is 6.29. The molecule has 13 heavy (non-hydrogen) atoms. The van der Waals surface area contributed by atoms with Gasteiger partial charge in [-0.1, -0.05) is 13.8 Å². The molecule has 1 heterocycles. The fraction of sp³-hybridized carbons (Fsp3) is 0.700. The van der Waals surface area contributed by atoms with Crippen LogP contribution in [0.15, 0.2) is 12.4 Å². The molecule has 2 rings (SSSR count). The van der Waals surface area contributed by atoms with Crippen LogP contribution in [0.3, 0.4) is 0 Å². The number of nitrogens with zero attached hydrogens (tertiary/aromatic N) is 1. The van der Waals surface area contributed by atoms with Crippen molar-refractivity contribution >= 4 is 11.6 Å². The van der Waals surface area contributed by atoms with Gasteiger partial charge in [-0.2, -0.15) is 0 Å². The fourth-order valence-electron chi connectivity index (χ4n) is 1.86. The van der Waals surface area contributed by atoms with E-state index in [0.29, 0.717) is 11.3 Å². The lowest BCUT2D eigenvalue weighted by Crippen LogP contribution is -2.10. The number of aromatic amines is 1. The smallest absolute Gasteiger partial charge is 0.107 e. The number of rotatable bonds is 3. The zero-order valence-corrected chi connectivity index (χ0v) is 8.80. The molecule has 2 unspecified atom stereocenters. The van der Waals surface area contributed by atoms with E-state index in [1.807, 2.05) is 6.20 Å². The average Bonchev–Trinajstić information content (AvgIpc) is 2.49. The minimum Gasteiger partial charge on any atom is -0.349 e. The van der Waals surface area contributed by atoms with E-state index in [0.717, 1.165) is 12.2 Å². The molecule has 0 radical (unpaired) electrons. The van der Waals surface area contributed by atoms with Gasteiger partial charge in [0.15, 0.2) is 0 Å². The van der Waals surface area contributed by atoms with Crippen LogP contribution in [-0.2, 0) is 6.42 Å². The van der Waals surface area contributed by atoms with Gasteiger partial charge in [-0.15, -0.1) is 11.6 Å². The van der Waals surface area contributed by atoms with Crippen molar-refractivity contribution in [1.82, 2.24) is 9.97 Å². The molecule has 1 N–H and O–H groups in total. The first-order chi connectivity index (χ1) is 6.09. The molecule has 0 amide bonds. The van der Waals surface area contributed by atoms with Gasteiger partial charge in [-0.05, 0) is 17.8 Å². The van der Waals surface area contributed by atoms with Crippen LogP contribution in [0.5, 0.6) is 0 Å². The Hall–Kier alpha value is -0.500. The summed E-state index contributed by atoms with van der Waals surface area (Å²) in [7, 11) is 0. The average molecular weight is 199 g/mol. The number of halogens is 1. The molecule has 1 saturated carbocycles. The Labute approximate surface area is 83.7 Å². The van der Waals surface area contributed by atoms with Gasteiger partial charge in [-0.3, -0.25) is 0 Å². The van der Waals surface area contributed by atoms with Crippen LogP contribution < -0.4 is 0 Å². The Kier molecular flexibility index (Phi) is 2.11. The molecule has 0 aliphatic heterocycles. The van der Waals surface area contributed by atoms with Crippen LogP contribution in [0.1, 0.15) is 26.1 Å². The first-order valence-corrected chi connectivity index (χ1v) is 5.15. The number of alkyl halides is 1. The van der Waals surface area contributed by atoms with E-state index >= 15 is 0 Å². The Morgan fingerprint density at radius 3 is 2.92 bits per heavy atom. The highest BCUT2D eigenvalue weighted by Gasteiger charge is 2.49. The predicted octanol–water partition coefficient (Wildman–Crippen LogP) is 2.61. The van der Waals surface area contributed by atoms with Gasteiger partial charge in [0, 0.05) is 24.2 Å². The SMILES string of the molecule is CC1(C)CC1C(Cl)Cc1ncc[nH]1. The predicted molar refractivity (Wildman–Crippen MR) is 53.8 cm³/mol. The first kappa shape index (κ1) is 9.07. The lowest BCUT2D eigenvalue weighted by Gasteiger charge is -2.08. The largest absolute Gasteiger partial charge is 0.349 e. The van der Waals surface area contributed by atoms with Crippen molar-refractivity contribution in [3.8, 4) is 0 Å². The number of hydrogen-bond acceptors (Lipinski definition) is 1. The van der Waals surface area contributed by atoms with Crippen molar-refractivity contribution in [3.63, 3.8) is 0 Å². The van der Waals surface area contributed by atoms with Crippen molar-refractivity contribution < 1.29 is 0 Å². The van der Waals surface area contributed by atoms with E-state index in [1.165, 1.54) is 6.42 Å². The second-order valence-corrected chi connectivity index (χ2v) is 5.12. The monoisotopic (exact) mass is 198 g/mol. The highest BCUT2D eigenvalue weighted by atomic mass is 35.5. The molecule has 1 aliphatic rings. The molecule has 0 aromatic carbocycles. The van der Waals surface area contributed by atoms with Gasteiger partial charge in [0.25, 0.3) is 0 Å². The van der Waals surface area contributed by atoms with Gasteiger partial charge in [0.05, 0.1) is 0 Å². The Morgan fingerprint density at radius 2 is 2.46 bits per heavy atom. The molecule has 1 aromatic heterocycles. The molecular weight excluding hydrogens is 184 g/mol. The minimum absolute atomic E-state index is 0.237. The Balaban J connectivity index is 1.90. The standard InChI is InChI=1S/C10H15ClN2/c1-10(2)6-7(10)8(11)5-9-12-3-4-13-9/h3-4,7-8H,5-6H2,1-2H3,(H,12,13). The first-order valence-electron chi connectivity index (χ1n) is 4.72. The van der Waals surface area contributed by atoms with Crippen molar-refractivity contribution in [1.29, 1.82) is 0 Å². The Bertz CT molecular complexity index is 279. The summed E-state index contributed by atoms with van der Waals surface area (Å²) in [6.07, 6.45) is 5.73. The van der Waals surface area contributed by atoms with E-state index in [2.05, 4.69) is 23.8 Å². The summed E-state index contributed by atoms with van der Waals surface area (Å²) in [4.78, 5) is 7.26. The molecule has 72 valence electrons. The van der Waals surface area contributed by atoms with Crippen molar-refractivity contribution in [3.05, 3.63) is 18.2 Å². The number of hydrogen-bond donors (Lipinski definition) is 1. The van der Waals surface area contributed by atoms with Crippen LogP contribution in [0, 0.1) is 11.3 Å². The van der Waals surface area contributed by atoms with E-state index in [9.17, 15) is 0 Å². The van der Waals surface area contributed by atoms with E-state index in [4.69, 9.17) is 11.6 Å². The molecule has 1 fully saturated rings. The summed E-state index contributed by atoms with van der Waals surface area (Å²) in [5.41, 5.74) is 0.457. The molecule has 0 saturated heterocycles. The second-order valence-electron chi connectivity index (χ2n) is 4.56. The quantitative estimate of drug-likeness (QED) is 0.744. The molecule has 1 aliphatic carbocycles. The lowest BCUT2D eigenvalue weighted by molar-refractivity contribution is 0.534.